The molecular weight excluding hydrogens is 478 g/mol. The predicted octanol–water partition coefficient (Wildman–Crippen LogP) is 0.867. The number of rotatable bonds is 17. The second-order valence-corrected chi connectivity index (χ2v) is 7.85. The second kappa shape index (κ2) is 16.5. The molecule has 0 bridgehead atoms. The number of nitrogens with one attached hydrogen (secondary N) is 3. The lowest BCUT2D eigenvalue weighted by Crippen LogP contribution is -2.47. The van der Waals surface area contributed by atoms with Crippen molar-refractivity contribution in [1.29, 1.82) is 0 Å². The molecule has 0 fully saturated rings. The second-order valence-electron chi connectivity index (χ2n) is 7.85. The topological polar surface area (TPSA) is 208 Å². The van der Waals surface area contributed by atoms with Crippen LogP contribution in [0.25, 0.3) is 0 Å². The molecule has 2 unspecified atom stereocenters. The van der Waals surface area contributed by atoms with E-state index >= 15 is 0 Å². The molecule has 0 aliphatic rings. The van der Waals surface area contributed by atoms with Crippen LogP contribution < -0.4 is 16.0 Å². The molecule has 0 heterocycles. The van der Waals surface area contributed by atoms with E-state index in [9.17, 15) is 33.9 Å². The third kappa shape index (κ3) is 13.5. The van der Waals surface area contributed by atoms with Crippen LogP contribution in [0.3, 0.4) is 0 Å². The van der Waals surface area contributed by atoms with Crippen molar-refractivity contribution >= 4 is 35.8 Å². The van der Waals surface area contributed by atoms with Crippen molar-refractivity contribution in [2.24, 2.45) is 0 Å². The maximum atomic E-state index is 12.1. The number of carboxylic acid groups (broad SMARTS) is 3. The molecule has 0 aliphatic carbocycles. The highest BCUT2D eigenvalue weighted by Crippen LogP contribution is 2.04. The number of hydrogen-bond acceptors (Lipinski definition) is 7. The summed E-state index contributed by atoms with van der Waals surface area (Å²) in [6.45, 7) is 0.481. The molecule has 0 radical (unpaired) electrons. The number of hydrogen-bond donors (Lipinski definition) is 6. The monoisotopic (exact) mass is 509 g/mol. The highest BCUT2D eigenvalue weighted by Gasteiger charge is 2.26. The van der Waals surface area contributed by atoms with Crippen molar-refractivity contribution in [1.82, 2.24) is 16.0 Å². The number of ether oxygens (including phenoxy) is 1. The molecule has 13 nitrogen and oxygen atoms in total. The van der Waals surface area contributed by atoms with Gasteiger partial charge in [-0.1, -0.05) is 36.8 Å². The Morgan fingerprint density at radius 1 is 0.778 bits per heavy atom. The zero-order valence-electron chi connectivity index (χ0n) is 19.6. The van der Waals surface area contributed by atoms with Gasteiger partial charge in [0.15, 0.2) is 0 Å². The summed E-state index contributed by atoms with van der Waals surface area (Å²) in [6, 6.07) is 6.10. The summed E-state index contributed by atoms with van der Waals surface area (Å²) >= 11 is 0. The fourth-order valence-corrected chi connectivity index (χ4v) is 2.98. The van der Waals surface area contributed by atoms with Gasteiger partial charge in [-0.25, -0.2) is 14.4 Å². The van der Waals surface area contributed by atoms with E-state index in [2.05, 4.69) is 16.0 Å². The highest BCUT2D eigenvalue weighted by atomic mass is 16.5. The number of carbonyl (C=O) groups is 6. The van der Waals surface area contributed by atoms with Gasteiger partial charge in [-0.3, -0.25) is 14.4 Å². The lowest BCUT2D eigenvalue weighted by Gasteiger charge is -2.17. The number of aliphatic carboxylic acids is 3. The lowest BCUT2D eigenvalue weighted by molar-refractivity contribution is -0.145. The number of unbranched alkanes of at least 4 members (excludes halogenated alkanes) is 2. The molecule has 36 heavy (non-hydrogen) atoms. The summed E-state index contributed by atoms with van der Waals surface area (Å²) in [4.78, 5) is 68.9. The maximum Gasteiger partial charge on any atom is 0.407 e. The van der Waals surface area contributed by atoms with Crippen LogP contribution in [0.4, 0.5) is 4.79 Å². The first kappa shape index (κ1) is 29.9. The van der Waals surface area contributed by atoms with Crippen LogP contribution >= 0.6 is 0 Å². The lowest BCUT2D eigenvalue weighted by atomic mass is 10.1. The summed E-state index contributed by atoms with van der Waals surface area (Å²) < 4.78 is 5.07. The Bertz CT molecular complexity index is 907. The Morgan fingerprint density at radius 3 is 2.03 bits per heavy atom. The van der Waals surface area contributed by atoms with Crippen molar-refractivity contribution in [3.63, 3.8) is 0 Å². The van der Waals surface area contributed by atoms with E-state index in [1.165, 1.54) is 0 Å². The Hall–Kier alpha value is -4.16. The first-order valence-electron chi connectivity index (χ1n) is 11.3. The molecule has 0 saturated heterocycles. The molecule has 0 aliphatic heterocycles. The van der Waals surface area contributed by atoms with E-state index in [-0.39, 0.29) is 19.4 Å². The fourth-order valence-electron chi connectivity index (χ4n) is 2.98. The first-order chi connectivity index (χ1) is 17.1. The van der Waals surface area contributed by atoms with Gasteiger partial charge >= 0.3 is 24.0 Å². The van der Waals surface area contributed by atoms with Gasteiger partial charge in [0.1, 0.15) is 18.7 Å². The smallest absolute Gasteiger partial charge is 0.407 e. The van der Waals surface area contributed by atoms with Crippen LogP contribution in [0.2, 0.25) is 0 Å². The largest absolute Gasteiger partial charge is 0.481 e. The van der Waals surface area contributed by atoms with Gasteiger partial charge < -0.3 is 36.0 Å². The molecule has 13 heteroatoms. The van der Waals surface area contributed by atoms with Crippen molar-refractivity contribution in [2.75, 3.05) is 6.54 Å². The van der Waals surface area contributed by atoms with Gasteiger partial charge in [-0.05, 0) is 24.8 Å². The summed E-state index contributed by atoms with van der Waals surface area (Å²) in [5, 5.41) is 33.8. The van der Waals surface area contributed by atoms with Crippen molar-refractivity contribution in [3.05, 3.63) is 35.9 Å². The number of alkyl carbamates (subject to hydrolysis) is 1. The molecule has 198 valence electrons. The van der Waals surface area contributed by atoms with E-state index in [1.54, 1.807) is 0 Å². The zero-order chi connectivity index (χ0) is 26.9. The first-order valence-corrected chi connectivity index (χ1v) is 11.3. The van der Waals surface area contributed by atoms with Gasteiger partial charge in [0.05, 0.1) is 6.42 Å². The van der Waals surface area contributed by atoms with Gasteiger partial charge in [-0.2, -0.15) is 0 Å². The Balaban J connectivity index is 2.27. The third-order valence-corrected chi connectivity index (χ3v) is 4.87. The predicted molar refractivity (Wildman–Crippen MR) is 124 cm³/mol. The Labute approximate surface area is 207 Å². The number of amides is 3. The minimum Gasteiger partial charge on any atom is -0.481 e. The maximum absolute atomic E-state index is 12.1. The molecule has 0 aromatic heterocycles. The number of carboxylic acids is 3. The van der Waals surface area contributed by atoms with E-state index in [4.69, 9.17) is 14.9 Å². The molecule has 1 aromatic rings. The van der Waals surface area contributed by atoms with Crippen LogP contribution in [-0.2, 0) is 35.3 Å². The number of benzene rings is 1. The van der Waals surface area contributed by atoms with Crippen molar-refractivity contribution in [2.45, 2.75) is 63.6 Å². The summed E-state index contributed by atoms with van der Waals surface area (Å²) in [7, 11) is 0. The third-order valence-electron chi connectivity index (χ3n) is 4.87. The molecule has 1 aromatic carbocycles. The van der Waals surface area contributed by atoms with E-state index in [0.717, 1.165) is 5.56 Å². The van der Waals surface area contributed by atoms with Crippen LogP contribution in [0.1, 0.15) is 50.5 Å². The Morgan fingerprint density at radius 2 is 1.42 bits per heavy atom. The standard InChI is InChI=1S/C23H31N3O10/c27-18(9-5-2-6-12-24-23(35)36-14-15-7-3-1-4-8-15)26-17(22(33)34)13-19(28)25-16(21(31)32)10-11-20(29)30/h1,3-4,7-8,16-17H,2,5-6,9-14H2,(H,24,35)(H,25,28)(H,26,27)(H,29,30)(H,31,32)(H,33,34). The molecule has 0 saturated carbocycles. The van der Waals surface area contributed by atoms with E-state index < -0.39 is 60.7 Å². The van der Waals surface area contributed by atoms with Gasteiger partial charge in [0.2, 0.25) is 11.8 Å². The normalized spacial score (nSPS) is 12.0. The van der Waals surface area contributed by atoms with Crippen LogP contribution in [0.5, 0.6) is 0 Å². The van der Waals surface area contributed by atoms with Crippen LogP contribution in [0, 0.1) is 0 Å². The fraction of sp³-hybridized carbons (Fsp3) is 0.478. The highest BCUT2D eigenvalue weighted by molar-refractivity contribution is 5.90. The SMILES string of the molecule is O=C(O)CCC(NC(=O)CC(NC(=O)CCCCCNC(=O)OCc1ccccc1)C(=O)O)C(=O)O. The molecule has 2 atom stereocenters. The quantitative estimate of drug-likeness (QED) is 0.163. The molecule has 6 N–H and O–H groups in total. The Kier molecular flexibility index (Phi) is 13.7. The number of carbonyl (C=O) groups excluding carboxylic acids is 3. The molecule has 3 amide bonds. The van der Waals surface area contributed by atoms with Crippen LogP contribution in [0.15, 0.2) is 30.3 Å². The van der Waals surface area contributed by atoms with Gasteiger partial charge in [0.25, 0.3) is 0 Å². The van der Waals surface area contributed by atoms with E-state index in [1.807, 2.05) is 30.3 Å². The zero-order valence-corrected chi connectivity index (χ0v) is 19.6. The average molecular weight is 510 g/mol. The van der Waals surface area contributed by atoms with Crippen molar-refractivity contribution in [3.8, 4) is 0 Å². The van der Waals surface area contributed by atoms with Crippen LogP contribution in [-0.4, -0.2) is 69.8 Å². The molecule has 0 spiro atoms. The minimum absolute atomic E-state index is 0.0137. The minimum atomic E-state index is -1.58. The average Bonchev–Trinajstić information content (AvgIpc) is 2.82. The molecular formula is C23H31N3O10. The summed E-state index contributed by atoms with van der Waals surface area (Å²) in [6.07, 6.45) is -0.637. The van der Waals surface area contributed by atoms with Gasteiger partial charge in [0, 0.05) is 19.4 Å². The summed E-state index contributed by atoms with van der Waals surface area (Å²) in [5.74, 6) is -5.74. The molecule has 1 rings (SSSR count). The van der Waals surface area contributed by atoms with E-state index in [0.29, 0.717) is 25.8 Å². The summed E-state index contributed by atoms with van der Waals surface area (Å²) in [5.41, 5.74) is 0.857. The van der Waals surface area contributed by atoms with Crippen molar-refractivity contribution < 1.29 is 48.8 Å². The van der Waals surface area contributed by atoms with Gasteiger partial charge in [-0.15, -0.1) is 0 Å².